The van der Waals surface area contributed by atoms with Gasteiger partial charge in [-0.1, -0.05) is 26.7 Å². The van der Waals surface area contributed by atoms with Crippen molar-refractivity contribution >= 4 is 34.2 Å². The van der Waals surface area contributed by atoms with Gasteiger partial charge in [0, 0.05) is 19.8 Å². The maximum atomic E-state index is 7.12. The summed E-state index contributed by atoms with van der Waals surface area (Å²) in [6.45, 7) is 17.4. The molecule has 3 rings (SSSR count). The van der Waals surface area contributed by atoms with Gasteiger partial charge in [0.15, 0.2) is 0 Å². The minimum Gasteiger partial charge on any atom is -0.416 e. The van der Waals surface area contributed by atoms with Gasteiger partial charge in [-0.3, -0.25) is 0 Å². The summed E-state index contributed by atoms with van der Waals surface area (Å²) < 4.78 is 45.3. The Morgan fingerprint density at radius 2 is 1.06 bits per heavy atom. The highest BCUT2D eigenvalue weighted by molar-refractivity contribution is 6.93. The number of epoxide rings is 1. The Kier molecular flexibility index (Phi) is 11.1. The van der Waals surface area contributed by atoms with Gasteiger partial charge in [-0.25, -0.2) is 0 Å². The summed E-state index contributed by atoms with van der Waals surface area (Å²) in [5.41, 5.74) is 0. The lowest BCUT2D eigenvalue weighted by Crippen LogP contribution is -2.67. The molecule has 0 amide bonds. The van der Waals surface area contributed by atoms with Gasteiger partial charge in [0.25, 0.3) is 0 Å². The molecule has 200 valence electrons. The molecule has 3 aliphatic rings. The van der Waals surface area contributed by atoms with E-state index in [1.807, 2.05) is 0 Å². The second-order valence-electron chi connectivity index (χ2n) is 11.2. The fourth-order valence-corrected chi connectivity index (χ4v) is 28.6. The largest absolute Gasteiger partial charge is 0.416 e. The Hall–Kier alpha value is 0.588. The van der Waals surface area contributed by atoms with Gasteiger partial charge in [0.05, 0.1) is 13.2 Å². The Morgan fingerprint density at radius 3 is 1.44 bits per heavy atom. The molecule has 2 aliphatic heterocycles. The monoisotopic (exact) mass is 550 g/mol. The normalized spacial score (nSPS) is 38.5. The maximum Gasteiger partial charge on any atom is 0.317 e. The fourth-order valence-electron chi connectivity index (χ4n) is 5.13. The topological polar surface area (TPSA) is 67.9 Å². The molecule has 1 saturated carbocycles. The third-order valence-electron chi connectivity index (χ3n) is 6.73. The van der Waals surface area contributed by atoms with Crippen LogP contribution in [0.1, 0.15) is 52.4 Å². The smallest absolute Gasteiger partial charge is 0.317 e. The molecule has 0 N–H and O–H groups in total. The minimum absolute atomic E-state index is 0.308. The second kappa shape index (κ2) is 12.9. The predicted octanol–water partition coefficient (Wildman–Crippen LogP) is 5.80. The summed E-state index contributed by atoms with van der Waals surface area (Å²) in [5.74, 6) is 0.800. The number of rotatable bonds is 16. The summed E-state index contributed by atoms with van der Waals surface area (Å²) in [5, 5.41) is 0. The van der Waals surface area contributed by atoms with E-state index in [9.17, 15) is 0 Å². The number of hydrogen-bond acceptors (Lipinski definition) is 7. The number of ether oxygens (including phenoxy) is 3. The van der Waals surface area contributed by atoms with Gasteiger partial charge >= 0.3 is 34.2 Å². The van der Waals surface area contributed by atoms with Crippen molar-refractivity contribution in [2.24, 2.45) is 5.92 Å². The zero-order chi connectivity index (χ0) is 24.7. The third-order valence-corrected chi connectivity index (χ3v) is 25.9. The molecule has 34 heavy (non-hydrogen) atoms. The van der Waals surface area contributed by atoms with Gasteiger partial charge in [-0.05, 0) is 82.0 Å². The average Bonchev–Trinajstić information content (AvgIpc) is 3.61. The minimum atomic E-state index is -2.51. The molecule has 2 saturated heterocycles. The molecule has 5 atom stereocenters. The zero-order valence-electron chi connectivity index (χ0n) is 22.6. The molecule has 0 aromatic carbocycles. The average molecular weight is 551 g/mol. The molecule has 2 heterocycles. The molecule has 0 aromatic heterocycles. The fraction of sp³-hybridized carbons (Fsp3) is 1.00. The van der Waals surface area contributed by atoms with E-state index in [1.54, 1.807) is 0 Å². The Bertz CT molecular complexity index is 576. The lowest BCUT2D eigenvalue weighted by atomic mass is 10.4. The van der Waals surface area contributed by atoms with Gasteiger partial charge < -0.3 is 30.7 Å². The van der Waals surface area contributed by atoms with Crippen LogP contribution in [0.4, 0.5) is 0 Å². The summed E-state index contributed by atoms with van der Waals surface area (Å²) in [6.07, 6.45) is 7.00. The van der Waals surface area contributed by atoms with Crippen LogP contribution in [0.15, 0.2) is 0 Å². The molecule has 0 bridgehead atoms. The first-order valence-electron chi connectivity index (χ1n) is 13.7. The maximum absolute atomic E-state index is 7.12. The quantitative estimate of drug-likeness (QED) is 0.137. The third kappa shape index (κ3) is 10.2. The summed E-state index contributed by atoms with van der Waals surface area (Å²) >= 11 is 0. The van der Waals surface area contributed by atoms with Crippen molar-refractivity contribution in [2.75, 3.05) is 33.0 Å². The molecule has 11 heteroatoms. The van der Waals surface area contributed by atoms with Crippen molar-refractivity contribution in [2.45, 2.75) is 109 Å². The van der Waals surface area contributed by atoms with Crippen LogP contribution in [0, 0.1) is 5.92 Å². The molecule has 5 unspecified atom stereocenters. The van der Waals surface area contributed by atoms with Crippen LogP contribution >= 0.6 is 0 Å². The van der Waals surface area contributed by atoms with E-state index in [4.69, 9.17) is 30.7 Å². The van der Waals surface area contributed by atoms with Crippen LogP contribution in [0.3, 0.4) is 0 Å². The van der Waals surface area contributed by atoms with Gasteiger partial charge in [-0.2, -0.15) is 0 Å². The second-order valence-corrected chi connectivity index (χ2v) is 25.5. The summed E-state index contributed by atoms with van der Waals surface area (Å²) in [4.78, 5) is 0. The van der Waals surface area contributed by atoms with Crippen molar-refractivity contribution in [1.82, 2.24) is 0 Å². The molecule has 3 fully saturated rings. The molecule has 7 nitrogen and oxygen atoms in total. The van der Waals surface area contributed by atoms with E-state index in [-0.39, 0.29) is 0 Å². The standard InChI is InChI=1S/C23H50O7Si4/c1-7-15-31(3)27-32(4,16-8-2)29-34(6,18-10-14-25-20-23-21-26-23)30-33(5,28-31)17-9-13-24-19-22-11-12-22/h22-23H,7-21H2,1-6H3. The predicted molar refractivity (Wildman–Crippen MR) is 144 cm³/mol. The van der Waals surface area contributed by atoms with Crippen LogP contribution in [0.5, 0.6) is 0 Å². The molecule has 0 spiro atoms. The van der Waals surface area contributed by atoms with Crippen LogP contribution < -0.4 is 0 Å². The lowest BCUT2D eigenvalue weighted by Gasteiger charge is -2.50. The van der Waals surface area contributed by atoms with E-state index in [0.717, 1.165) is 82.2 Å². The first-order chi connectivity index (χ1) is 16.1. The van der Waals surface area contributed by atoms with E-state index < -0.39 is 34.2 Å². The molecule has 0 aromatic rings. The van der Waals surface area contributed by atoms with Crippen LogP contribution in [0.25, 0.3) is 0 Å². The van der Waals surface area contributed by atoms with Crippen LogP contribution in [-0.2, 0) is 30.7 Å². The lowest BCUT2D eigenvalue weighted by molar-refractivity contribution is 0.115. The van der Waals surface area contributed by atoms with E-state index >= 15 is 0 Å². The zero-order valence-corrected chi connectivity index (χ0v) is 26.6. The Labute approximate surface area is 212 Å². The van der Waals surface area contributed by atoms with E-state index in [1.165, 1.54) is 12.8 Å². The number of hydrogen-bond donors (Lipinski definition) is 0. The summed E-state index contributed by atoms with van der Waals surface area (Å²) in [7, 11) is -9.81. The van der Waals surface area contributed by atoms with Crippen molar-refractivity contribution < 1.29 is 30.7 Å². The highest BCUT2D eigenvalue weighted by atomic mass is 28.5. The first kappa shape index (κ1) is 29.1. The highest BCUT2D eigenvalue weighted by Gasteiger charge is 2.56. The molecule has 0 radical (unpaired) electrons. The Morgan fingerprint density at radius 1 is 0.647 bits per heavy atom. The van der Waals surface area contributed by atoms with Crippen molar-refractivity contribution in [1.29, 1.82) is 0 Å². The van der Waals surface area contributed by atoms with Crippen LogP contribution in [0.2, 0.25) is 50.4 Å². The molecular formula is C23H50O7Si4. The van der Waals surface area contributed by atoms with Crippen molar-refractivity contribution in [3.05, 3.63) is 0 Å². The van der Waals surface area contributed by atoms with Gasteiger partial charge in [0.1, 0.15) is 6.10 Å². The highest BCUT2D eigenvalue weighted by Crippen LogP contribution is 2.38. The summed E-state index contributed by atoms with van der Waals surface area (Å²) in [6, 6.07) is 3.81. The van der Waals surface area contributed by atoms with Crippen molar-refractivity contribution in [3.63, 3.8) is 0 Å². The molecule has 1 aliphatic carbocycles. The van der Waals surface area contributed by atoms with E-state index in [2.05, 4.69) is 40.0 Å². The molecular weight excluding hydrogens is 501 g/mol. The van der Waals surface area contributed by atoms with Gasteiger partial charge in [0.2, 0.25) is 0 Å². The SMILES string of the molecule is CCC[Si]1(C)O[Si](C)(CCC)O[Si](C)(CCCOCC2CO2)O[Si](C)(CCCOCC2CC2)O1. The van der Waals surface area contributed by atoms with E-state index in [0.29, 0.717) is 12.7 Å². The van der Waals surface area contributed by atoms with Crippen molar-refractivity contribution in [3.8, 4) is 0 Å². The van der Waals surface area contributed by atoms with Gasteiger partial charge in [-0.15, -0.1) is 0 Å². The first-order valence-corrected chi connectivity index (χ1v) is 23.8. The van der Waals surface area contributed by atoms with Crippen LogP contribution in [-0.4, -0.2) is 73.4 Å². The Balaban J connectivity index is 1.67.